The third-order valence-corrected chi connectivity index (χ3v) is 3.87. The van der Waals surface area contributed by atoms with Crippen LogP contribution in [0.4, 0.5) is 5.82 Å². The van der Waals surface area contributed by atoms with Crippen molar-refractivity contribution < 1.29 is 0 Å². The second-order valence-corrected chi connectivity index (χ2v) is 5.48. The Labute approximate surface area is 102 Å². The Hall–Kier alpha value is -0.700. The molecule has 4 heteroatoms. The molecule has 16 heavy (non-hydrogen) atoms. The van der Waals surface area contributed by atoms with Gasteiger partial charge in [0.1, 0.15) is 5.82 Å². The van der Waals surface area contributed by atoms with E-state index in [1.807, 2.05) is 18.7 Å². The highest BCUT2D eigenvalue weighted by atomic mass is 35.5. The Morgan fingerprint density at radius 3 is 2.62 bits per heavy atom. The third-order valence-electron chi connectivity index (χ3n) is 3.60. The zero-order chi connectivity index (χ0) is 11.9. The van der Waals surface area contributed by atoms with Crippen LogP contribution in [0.3, 0.4) is 0 Å². The molecule has 1 fully saturated rings. The fraction of sp³-hybridized carbons (Fsp3) is 0.750. The van der Waals surface area contributed by atoms with Gasteiger partial charge in [-0.25, -0.2) is 0 Å². The fourth-order valence-corrected chi connectivity index (χ4v) is 3.00. The maximum Gasteiger partial charge on any atom is 0.131 e. The van der Waals surface area contributed by atoms with Crippen LogP contribution in [0.5, 0.6) is 0 Å². The molecule has 0 radical (unpaired) electrons. The number of rotatable bonds is 2. The smallest absolute Gasteiger partial charge is 0.131 e. The minimum absolute atomic E-state index is 0.223. The first-order valence-corrected chi connectivity index (χ1v) is 6.37. The van der Waals surface area contributed by atoms with Crippen molar-refractivity contribution in [3.63, 3.8) is 0 Å². The molecule has 0 aromatic carbocycles. The van der Waals surface area contributed by atoms with E-state index in [1.165, 1.54) is 24.2 Å². The number of aromatic nitrogens is 2. The normalized spacial score (nSPS) is 19.4. The Morgan fingerprint density at radius 1 is 1.44 bits per heavy atom. The van der Waals surface area contributed by atoms with Gasteiger partial charge in [-0.15, -0.1) is 11.6 Å². The summed E-state index contributed by atoms with van der Waals surface area (Å²) in [7, 11) is 2.01. The summed E-state index contributed by atoms with van der Waals surface area (Å²) in [5.41, 5.74) is 2.45. The topological polar surface area (TPSA) is 21.1 Å². The molecule has 0 N–H and O–H groups in total. The summed E-state index contributed by atoms with van der Waals surface area (Å²) in [5, 5.41) is 4.48. The lowest BCUT2D eigenvalue weighted by molar-refractivity contribution is 0.505. The van der Waals surface area contributed by atoms with Crippen molar-refractivity contribution in [2.75, 3.05) is 11.4 Å². The first-order chi connectivity index (χ1) is 7.47. The maximum absolute atomic E-state index is 6.04. The van der Waals surface area contributed by atoms with Gasteiger partial charge in [-0.1, -0.05) is 0 Å². The predicted molar refractivity (Wildman–Crippen MR) is 68.2 cm³/mol. The van der Waals surface area contributed by atoms with E-state index in [4.69, 9.17) is 11.6 Å². The molecule has 0 spiro atoms. The summed E-state index contributed by atoms with van der Waals surface area (Å²) < 4.78 is 1.97. The minimum Gasteiger partial charge on any atom is -0.351 e. The Bertz CT molecular complexity index is 395. The molecule has 1 aliphatic heterocycles. The number of alkyl halides is 1. The Balaban J connectivity index is 2.47. The summed E-state index contributed by atoms with van der Waals surface area (Å²) in [5.74, 6) is 1.75. The standard InChI is InChI=1S/C12H20ClN3/c1-9-10(8-13)11(15(4)14-9)16-7-5-6-12(16,2)3/h5-8H2,1-4H3. The highest BCUT2D eigenvalue weighted by Crippen LogP contribution is 2.36. The molecule has 1 aliphatic rings. The molecular formula is C12H20ClN3. The lowest BCUT2D eigenvalue weighted by Gasteiger charge is -2.34. The van der Waals surface area contributed by atoms with Gasteiger partial charge in [0.2, 0.25) is 0 Å². The van der Waals surface area contributed by atoms with E-state index in [1.54, 1.807) is 0 Å². The van der Waals surface area contributed by atoms with Crippen LogP contribution in [0.2, 0.25) is 0 Å². The van der Waals surface area contributed by atoms with Crippen molar-refractivity contribution >= 4 is 17.4 Å². The molecule has 90 valence electrons. The van der Waals surface area contributed by atoms with Crippen LogP contribution in [0.1, 0.15) is 37.9 Å². The molecule has 0 amide bonds. The highest BCUT2D eigenvalue weighted by Gasteiger charge is 2.35. The largest absolute Gasteiger partial charge is 0.351 e. The summed E-state index contributed by atoms with van der Waals surface area (Å²) in [4.78, 5) is 2.45. The van der Waals surface area contributed by atoms with Crippen molar-refractivity contribution in [1.82, 2.24) is 9.78 Å². The molecule has 1 saturated heterocycles. The van der Waals surface area contributed by atoms with Crippen LogP contribution in [-0.2, 0) is 12.9 Å². The molecule has 2 rings (SSSR count). The highest BCUT2D eigenvalue weighted by molar-refractivity contribution is 6.17. The van der Waals surface area contributed by atoms with Crippen LogP contribution >= 0.6 is 11.6 Å². The number of anilines is 1. The van der Waals surface area contributed by atoms with Gasteiger partial charge in [-0.05, 0) is 33.6 Å². The number of aryl methyl sites for hydroxylation is 2. The first-order valence-electron chi connectivity index (χ1n) is 5.83. The second-order valence-electron chi connectivity index (χ2n) is 5.21. The summed E-state index contributed by atoms with van der Waals surface area (Å²) in [6, 6.07) is 0. The zero-order valence-electron chi connectivity index (χ0n) is 10.5. The van der Waals surface area contributed by atoms with Crippen LogP contribution in [0, 0.1) is 6.92 Å². The molecule has 0 bridgehead atoms. The quantitative estimate of drug-likeness (QED) is 0.743. The molecule has 0 atom stereocenters. The lowest BCUT2D eigenvalue weighted by atomic mass is 10.0. The predicted octanol–water partition coefficient (Wildman–Crippen LogP) is 2.85. The van der Waals surface area contributed by atoms with E-state index in [-0.39, 0.29) is 5.54 Å². The van der Waals surface area contributed by atoms with E-state index >= 15 is 0 Å². The third kappa shape index (κ3) is 1.71. The fourth-order valence-electron chi connectivity index (χ4n) is 2.68. The van der Waals surface area contributed by atoms with Crippen molar-refractivity contribution in [1.29, 1.82) is 0 Å². The van der Waals surface area contributed by atoms with Gasteiger partial charge >= 0.3 is 0 Å². The van der Waals surface area contributed by atoms with Gasteiger partial charge in [0.25, 0.3) is 0 Å². The van der Waals surface area contributed by atoms with Gasteiger partial charge in [-0.2, -0.15) is 5.10 Å². The minimum atomic E-state index is 0.223. The molecule has 0 unspecified atom stereocenters. The van der Waals surface area contributed by atoms with Gasteiger partial charge in [0.15, 0.2) is 0 Å². The van der Waals surface area contributed by atoms with Gasteiger partial charge in [0, 0.05) is 24.7 Å². The van der Waals surface area contributed by atoms with Crippen LogP contribution in [-0.4, -0.2) is 21.9 Å². The molecule has 1 aromatic heterocycles. The SMILES string of the molecule is Cc1nn(C)c(N2CCCC2(C)C)c1CCl. The Kier molecular flexibility index (Phi) is 2.91. The van der Waals surface area contributed by atoms with Crippen LogP contribution in [0.25, 0.3) is 0 Å². The molecule has 0 saturated carbocycles. The average molecular weight is 242 g/mol. The van der Waals surface area contributed by atoms with E-state index in [2.05, 4.69) is 23.8 Å². The maximum atomic E-state index is 6.04. The van der Waals surface area contributed by atoms with E-state index in [0.717, 1.165) is 12.2 Å². The summed E-state index contributed by atoms with van der Waals surface area (Å²) >= 11 is 6.04. The van der Waals surface area contributed by atoms with Crippen molar-refractivity contribution in [2.45, 2.75) is 45.0 Å². The van der Waals surface area contributed by atoms with Gasteiger partial charge in [-0.3, -0.25) is 4.68 Å². The zero-order valence-corrected chi connectivity index (χ0v) is 11.3. The molecule has 3 nitrogen and oxygen atoms in total. The first kappa shape index (κ1) is 11.8. The number of hydrogen-bond acceptors (Lipinski definition) is 2. The Morgan fingerprint density at radius 2 is 2.12 bits per heavy atom. The molecule has 1 aromatic rings. The summed E-state index contributed by atoms with van der Waals surface area (Å²) in [6.07, 6.45) is 2.48. The van der Waals surface area contributed by atoms with Crippen LogP contribution < -0.4 is 4.90 Å². The van der Waals surface area contributed by atoms with E-state index in [0.29, 0.717) is 5.88 Å². The lowest BCUT2D eigenvalue weighted by Crippen LogP contribution is -2.39. The van der Waals surface area contributed by atoms with Gasteiger partial charge < -0.3 is 4.90 Å². The van der Waals surface area contributed by atoms with Gasteiger partial charge in [0.05, 0.1) is 11.6 Å². The van der Waals surface area contributed by atoms with E-state index < -0.39 is 0 Å². The van der Waals surface area contributed by atoms with Crippen molar-refractivity contribution in [3.05, 3.63) is 11.3 Å². The number of nitrogens with zero attached hydrogens (tertiary/aromatic N) is 3. The molecule has 2 heterocycles. The van der Waals surface area contributed by atoms with E-state index in [9.17, 15) is 0 Å². The molecule has 0 aliphatic carbocycles. The van der Waals surface area contributed by atoms with Crippen molar-refractivity contribution in [2.24, 2.45) is 7.05 Å². The number of hydrogen-bond donors (Lipinski definition) is 0. The monoisotopic (exact) mass is 241 g/mol. The average Bonchev–Trinajstić information content (AvgIpc) is 2.65. The number of halogens is 1. The molecular weight excluding hydrogens is 222 g/mol. The summed E-state index contributed by atoms with van der Waals surface area (Å²) in [6.45, 7) is 7.72. The second kappa shape index (κ2) is 3.95. The van der Waals surface area contributed by atoms with Crippen LogP contribution in [0.15, 0.2) is 0 Å². The van der Waals surface area contributed by atoms with Crippen molar-refractivity contribution in [3.8, 4) is 0 Å².